The number of hydrogen-bond acceptors (Lipinski definition) is 8. The van der Waals surface area contributed by atoms with E-state index in [-0.39, 0.29) is 18.8 Å². The molecule has 0 aliphatic rings. The van der Waals surface area contributed by atoms with E-state index in [0.717, 1.165) is 81.1 Å². The van der Waals surface area contributed by atoms with Gasteiger partial charge in [0.05, 0.1) is 44.7 Å². The molecule has 4 heterocycles. The maximum Gasteiger partial charge on any atom is 0.328 e. The van der Waals surface area contributed by atoms with E-state index in [4.69, 9.17) is 14.7 Å². The van der Waals surface area contributed by atoms with Crippen molar-refractivity contribution in [3.05, 3.63) is 256 Å². The number of rotatable bonds is 16. The van der Waals surface area contributed by atoms with Crippen molar-refractivity contribution in [2.75, 3.05) is 12.4 Å². The fourth-order valence-corrected chi connectivity index (χ4v) is 13.4. The van der Waals surface area contributed by atoms with Crippen LogP contribution in [0.5, 0.6) is 5.75 Å². The third-order valence-electron chi connectivity index (χ3n) is 14.4. The predicted octanol–water partition coefficient (Wildman–Crippen LogP) is 10.5. The zero-order valence-electron chi connectivity index (χ0n) is 43.3. The molecule has 12 rings (SSSR count). The molecule has 1 N–H and O–H groups in total. The normalized spacial score (nSPS) is 12.3. The molecule has 4 aromatic heterocycles. The van der Waals surface area contributed by atoms with Gasteiger partial charge in [-0.05, 0) is 79.4 Å². The van der Waals surface area contributed by atoms with E-state index in [2.05, 4.69) is 118 Å². The van der Waals surface area contributed by atoms with Crippen LogP contribution in [0.25, 0.3) is 69.8 Å². The van der Waals surface area contributed by atoms with Gasteiger partial charge in [-0.3, -0.25) is 4.55 Å². The first-order valence-electron chi connectivity index (χ1n) is 26.2. The first kappa shape index (κ1) is 51.7. The minimum absolute atomic E-state index is 0.227. The summed E-state index contributed by atoms with van der Waals surface area (Å²) in [6, 6.07) is 76.4. The monoisotopic (exact) mass is 1090 g/mol. The average molecular weight is 1090 g/mol. The Balaban J connectivity index is 1.36. The van der Waals surface area contributed by atoms with Gasteiger partial charge in [0, 0.05) is 33.1 Å². The molecule has 15 heteroatoms. The molecule has 0 spiro atoms. The van der Waals surface area contributed by atoms with Gasteiger partial charge in [0.1, 0.15) is 27.4 Å². The molecule has 12 aromatic rings. The maximum absolute atomic E-state index is 12.3. The van der Waals surface area contributed by atoms with Crippen LogP contribution in [0.3, 0.4) is 0 Å². The third-order valence-corrected chi connectivity index (χ3v) is 17.3. The topological polar surface area (TPSA) is 127 Å². The molecule has 0 radical (unpaired) electrons. The lowest BCUT2D eigenvalue weighted by atomic mass is 9.50. The van der Waals surface area contributed by atoms with Crippen LogP contribution >= 0.6 is 22.7 Å². The van der Waals surface area contributed by atoms with Crippen LogP contribution in [0.1, 0.15) is 28.4 Å². The van der Waals surface area contributed by atoms with Gasteiger partial charge in [-0.2, -0.15) is 13.7 Å². The largest absolute Gasteiger partial charge is 0.494 e. The first-order valence-corrected chi connectivity index (χ1v) is 29.4. The molecule has 0 unspecified atom stereocenters. The van der Waals surface area contributed by atoms with E-state index in [1.807, 2.05) is 127 Å². The number of nitriles is 1. The number of para-hydroxylation sites is 2. The van der Waals surface area contributed by atoms with Gasteiger partial charge in [-0.1, -0.05) is 192 Å². The van der Waals surface area contributed by atoms with Crippen molar-refractivity contribution in [3.8, 4) is 34.3 Å². The second kappa shape index (κ2) is 22.3. The Morgan fingerprint density at radius 2 is 1.06 bits per heavy atom. The quantitative estimate of drug-likeness (QED) is 0.0442. The van der Waals surface area contributed by atoms with E-state index >= 15 is 0 Å². The van der Waals surface area contributed by atoms with E-state index in [1.54, 1.807) is 0 Å². The molecule has 0 bridgehead atoms. The molecule has 0 saturated heterocycles. The van der Waals surface area contributed by atoms with Crippen LogP contribution in [0.15, 0.2) is 218 Å². The van der Waals surface area contributed by atoms with Crippen molar-refractivity contribution in [1.82, 2.24) is 18.9 Å². The van der Waals surface area contributed by atoms with Gasteiger partial charge in [-0.15, -0.1) is 22.7 Å². The number of hydrogen-bond donors (Lipinski definition) is 1. The Hall–Kier alpha value is -9.08. The zero-order valence-corrected chi connectivity index (χ0v) is 45.8. The predicted molar refractivity (Wildman–Crippen MR) is 329 cm³/mol. The van der Waals surface area contributed by atoms with Gasteiger partial charge in [0.15, 0.2) is 0 Å². The molecule has 0 aliphatic heterocycles. The van der Waals surface area contributed by atoms with Crippen molar-refractivity contribution in [1.29, 1.82) is 5.26 Å². The highest BCUT2D eigenvalue weighted by Gasteiger charge is 2.38. The Bertz CT molecular complexity index is 4350. The Labute approximate surface area is 472 Å². The van der Waals surface area contributed by atoms with E-state index < -0.39 is 23.8 Å². The number of unbranched alkanes of at least 4 members (excludes halogenated alkanes) is 1. The number of benzene rings is 8. The van der Waals surface area contributed by atoms with Gasteiger partial charge < -0.3 is 13.7 Å². The van der Waals surface area contributed by atoms with Crippen LogP contribution in [0.4, 0.5) is 0 Å². The number of fused-ring (bicyclic) bond motifs is 3. The van der Waals surface area contributed by atoms with E-state index in [0.29, 0.717) is 44.2 Å². The highest BCUT2D eigenvalue weighted by molar-refractivity contribution is 7.85. The fraction of sp³-hybridized carbons (Fsp3) is 0.0769. The Kier molecular flexibility index (Phi) is 14.4. The van der Waals surface area contributed by atoms with Gasteiger partial charge >= 0.3 is 13.7 Å². The average Bonchev–Trinajstić information content (AvgIpc) is 4.32. The lowest BCUT2D eigenvalue weighted by molar-refractivity contribution is 0.309. The van der Waals surface area contributed by atoms with Gasteiger partial charge in [0.2, 0.25) is 5.70 Å². The smallest absolute Gasteiger partial charge is 0.328 e. The fourth-order valence-electron chi connectivity index (χ4n) is 10.9. The van der Waals surface area contributed by atoms with Crippen LogP contribution in [-0.4, -0.2) is 57.9 Å². The molecule has 386 valence electrons. The highest BCUT2D eigenvalue weighted by atomic mass is 32.2. The van der Waals surface area contributed by atoms with Crippen LogP contribution < -0.4 is 37.3 Å². The summed E-state index contributed by atoms with van der Waals surface area (Å²) >= 11 is 2.95. The Morgan fingerprint density at radius 3 is 1.56 bits per heavy atom. The lowest BCUT2D eigenvalue weighted by Crippen LogP contribution is -2.54. The SMILES string of the molecule is [C-]#[N+]/C(c1nc2ccccc2s1)=c1\c2c(-c3ccccc3C)n(B(c3ccccc3)c3ccccc3)/c(=C(/C#N)c3nc4ccccc4s3)c2c(-c2ccc(OCCCCS(=O)(=O)O)cc2)n1B(c1ccccc1)c1ccccc1. The zero-order chi connectivity index (χ0) is 54.7. The second-order valence-electron chi connectivity index (χ2n) is 19.4. The van der Waals surface area contributed by atoms with Crippen molar-refractivity contribution < 1.29 is 17.7 Å². The first-order chi connectivity index (χ1) is 39.2. The third kappa shape index (κ3) is 9.93. The molecular weight excluding hydrogens is 1050 g/mol. The minimum Gasteiger partial charge on any atom is -0.494 e. The van der Waals surface area contributed by atoms with Gasteiger partial charge in [0.25, 0.3) is 10.1 Å². The number of thiazole rings is 2. The van der Waals surface area contributed by atoms with E-state index in [1.165, 1.54) is 22.7 Å². The Morgan fingerprint density at radius 1 is 0.600 bits per heavy atom. The number of nitrogens with zero attached hydrogens (tertiary/aromatic N) is 6. The molecule has 0 amide bonds. The highest BCUT2D eigenvalue weighted by Crippen LogP contribution is 2.39. The molecule has 8 aromatic carbocycles. The molecule has 80 heavy (non-hydrogen) atoms. The minimum atomic E-state index is -4.11. The number of ether oxygens (including phenoxy) is 1. The molecule has 0 atom stereocenters. The molecule has 10 nitrogen and oxygen atoms in total. The van der Waals surface area contributed by atoms with Crippen LogP contribution in [0, 0.1) is 24.8 Å². The molecule has 0 aliphatic carbocycles. The molecular formula is C65H48B2N6O4S3. The number of aromatic nitrogens is 4. The summed E-state index contributed by atoms with van der Waals surface area (Å²) < 4.78 is 45.3. The second-order valence-corrected chi connectivity index (χ2v) is 23.1. The summed E-state index contributed by atoms with van der Waals surface area (Å²) in [5, 5.41) is 16.1. The van der Waals surface area contributed by atoms with E-state index in [9.17, 15) is 24.8 Å². The summed E-state index contributed by atoms with van der Waals surface area (Å²) in [5.74, 6) is 0.210. The summed E-state index contributed by atoms with van der Waals surface area (Å²) in [6.45, 7) is 10.8. The summed E-state index contributed by atoms with van der Waals surface area (Å²) in [4.78, 5) is 15.2. The lowest BCUT2D eigenvalue weighted by Gasteiger charge is -2.25. The van der Waals surface area contributed by atoms with Crippen molar-refractivity contribution >= 4 is 111 Å². The number of aryl methyl sites for hydroxylation is 1. The van der Waals surface area contributed by atoms with Crippen molar-refractivity contribution in [3.63, 3.8) is 0 Å². The van der Waals surface area contributed by atoms with Crippen LogP contribution in [0.2, 0.25) is 0 Å². The maximum atomic E-state index is 12.3. The van der Waals surface area contributed by atoms with Crippen molar-refractivity contribution in [2.24, 2.45) is 0 Å². The molecule has 0 fully saturated rings. The standard InChI is InChI=1S/C65H48B2N6O4S3/c1-44-23-15-16-32-51(44)61-58-57(62(52(43-68)64-70-53-33-17-19-35-55(53)78-64)73(61)67(48-28-11-5-12-29-48)49-30-13-6-14-31-49)60(45-37-39-50(40-38-45)77-41-21-22-42-80(74,75)76)72(66(46-24-7-3-8-25-46)47-26-9-4-10-27-47)63(58)59(69-2)65-71-54-34-18-20-36-56(54)79-65/h3-20,23-40H,21-22,41-42H2,1H3,(H,74,75,76)/b62-52-,63-59+. The summed E-state index contributed by atoms with van der Waals surface area (Å²) in [6.07, 6.45) is 0.648. The molecule has 0 saturated carbocycles. The van der Waals surface area contributed by atoms with Crippen molar-refractivity contribution in [2.45, 2.75) is 19.8 Å². The summed E-state index contributed by atoms with van der Waals surface area (Å²) in [7, 11) is -4.11. The van der Waals surface area contributed by atoms with Crippen LogP contribution in [-0.2, 0) is 10.1 Å². The summed E-state index contributed by atoms with van der Waals surface area (Å²) in [5.41, 5.74) is 10.4. The van der Waals surface area contributed by atoms with Gasteiger partial charge in [-0.25, -0.2) is 14.8 Å².